The first-order valence-electron chi connectivity index (χ1n) is 5.84. The molecule has 1 heterocycles. The molecule has 8 heteroatoms. The van der Waals surface area contributed by atoms with Gasteiger partial charge in [0.2, 0.25) is 0 Å². The Kier molecular flexibility index (Phi) is 4.44. The molecule has 0 atom stereocenters. The number of benzene rings is 1. The van der Waals surface area contributed by atoms with E-state index in [2.05, 4.69) is 10.5 Å². The summed E-state index contributed by atoms with van der Waals surface area (Å²) >= 11 is 5.87. The zero-order valence-corrected chi connectivity index (χ0v) is 11.7. The number of nitrogens with one attached hydrogen (secondary N) is 1. The first-order chi connectivity index (χ1) is 9.95. The summed E-state index contributed by atoms with van der Waals surface area (Å²) in [6.07, 6.45) is 0. The van der Waals surface area contributed by atoms with Crippen LogP contribution in [0.4, 0.5) is 5.82 Å². The number of hydrogen-bond donors (Lipinski definition) is 2. The number of nitrogens with zero attached hydrogens (tertiary/aromatic N) is 1. The third-order valence-corrected chi connectivity index (χ3v) is 2.73. The van der Waals surface area contributed by atoms with Crippen LogP contribution in [0.15, 0.2) is 28.8 Å². The molecular formula is C13H11ClN2O5. The molecule has 0 aliphatic carbocycles. The molecule has 0 unspecified atom stereocenters. The van der Waals surface area contributed by atoms with Gasteiger partial charge in [0.15, 0.2) is 12.4 Å². The van der Waals surface area contributed by atoms with Crippen LogP contribution in [0.3, 0.4) is 0 Å². The van der Waals surface area contributed by atoms with Crippen LogP contribution < -0.4 is 10.1 Å². The van der Waals surface area contributed by atoms with Crippen molar-refractivity contribution in [3.63, 3.8) is 0 Å². The lowest BCUT2D eigenvalue weighted by atomic mass is 10.2. The number of carboxylic acids is 1. The van der Waals surface area contributed by atoms with E-state index in [4.69, 9.17) is 26.0 Å². The van der Waals surface area contributed by atoms with Gasteiger partial charge in [0.1, 0.15) is 11.5 Å². The van der Waals surface area contributed by atoms with Crippen molar-refractivity contribution in [3.05, 3.63) is 40.6 Å². The molecule has 0 radical (unpaired) electrons. The zero-order valence-electron chi connectivity index (χ0n) is 10.9. The van der Waals surface area contributed by atoms with Crippen LogP contribution in [0.1, 0.15) is 16.1 Å². The van der Waals surface area contributed by atoms with Gasteiger partial charge in [-0.1, -0.05) is 16.8 Å². The minimum atomic E-state index is -1.09. The van der Waals surface area contributed by atoms with Gasteiger partial charge in [-0.15, -0.1) is 0 Å². The van der Waals surface area contributed by atoms with Crippen molar-refractivity contribution in [2.24, 2.45) is 0 Å². The average Bonchev–Trinajstić information content (AvgIpc) is 2.82. The fraction of sp³-hybridized carbons (Fsp3) is 0.154. The van der Waals surface area contributed by atoms with Gasteiger partial charge >= 0.3 is 5.97 Å². The summed E-state index contributed by atoms with van der Waals surface area (Å²) in [5.74, 6) is -0.468. The molecule has 1 aromatic heterocycles. The van der Waals surface area contributed by atoms with E-state index in [0.29, 0.717) is 5.76 Å². The first-order valence-corrected chi connectivity index (χ1v) is 6.22. The number of anilines is 1. The maximum atomic E-state index is 11.6. The van der Waals surface area contributed by atoms with Crippen LogP contribution in [-0.4, -0.2) is 28.7 Å². The molecule has 1 amide bonds. The second-order valence-corrected chi connectivity index (χ2v) is 4.52. The molecule has 0 saturated heterocycles. The molecular weight excluding hydrogens is 300 g/mol. The Morgan fingerprint density at radius 1 is 1.43 bits per heavy atom. The second kappa shape index (κ2) is 6.27. The Morgan fingerprint density at radius 2 is 2.19 bits per heavy atom. The van der Waals surface area contributed by atoms with Crippen molar-refractivity contribution < 1.29 is 24.0 Å². The highest BCUT2D eigenvalue weighted by Gasteiger charge is 2.11. The lowest BCUT2D eigenvalue weighted by molar-refractivity contribution is -0.118. The molecule has 2 N–H and O–H groups in total. The highest BCUT2D eigenvalue weighted by molar-refractivity contribution is 6.32. The number of ether oxygens (including phenoxy) is 1. The van der Waals surface area contributed by atoms with Gasteiger partial charge in [0, 0.05) is 6.07 Å². The van der Waals surface area contributed by atoms with E-state index in [-0.39, 0.29) is 28.8 Å². The van der Waals surface area contributed by atoms with Crippen LogP contribution in [-0.2, 0) is 4.79 Å². The van der Waals surface area contributed by atoms with Gasteiger partial charge in [0.05, 0.1) is 10.6 Å². The van der Waals surface area contributed by atoms with Gasteiger partial charge in [-0.05, 0) is 25.1 Å². The molecule has 0 fully saturated rings. The van der Waals surface area contributed by atoms with Crippen LogP contribution in [0.25, 0.3) is 0 Å². The van der Waals surface area contributed by atoms with Crippen molar-refractivity contribution in [2.75, 3.05) is 11.9 Å². The van der Waals surface area contributed by atoms with Crippen LogP contribution in [0.5, 0.6) is 5.75 Å². The van der Waals surface area contributed by atoms with E-state index >= 15 is 0 Å². The maximum Gasteiger partial charge on any atom is 0.335 e. The number of amides is 1. The average molecular weight is 311 g/mol. The second-order valence-electron chi connectivity index (χ2n) is 4.11. The normalized spacial score (nSPS) is 10.2. The maximum absolute atomic E-state index is 11.6. The first kappa shape index (κ1) is 14.9. The Labute approximate surface area is 124 Å². The summed E-state index contributed by atoms with van der Waals surface area (Å²) in [6, 6.07) is 5.53. The Hall–Kier alpha value is -2.54. The largest absolute Gasteiger partial charge is 0.482 e. The summed E-state index contributed by atoms with van der Waals surface area (Å²) < 4.78 is 10.0. The zero-order chi connectivity index (χ0) is 15.4. The minimum absolute atomic E-state index is 0.0369. The van der Waals surface area contributed by atoms with E-state index in [1.165, 1.54) is 18.2 Å². The van der Waals surface area contributed by atoms with Crippen molar-refractivity contribution in [3.8, 4) is 5.75 Å². The van der Waals surface area contributed by atoms with Crippen molar-refractivity contribution in [1.29, 1.82) is 0 Å². The Balaban J connectivity index is 1.93. The van der Waals surface area contributed by atoms with Crippen molar-refractivity contribution >= 4 is 29.3 Å². The quantitative estimate of drug-likeness (QED) is 0.879. The molecule has 2 aromatic rings. The molecule has 21 heavy (non-hydrogen) atoms. The number of carbonyl (C=O) groups is 2. The molecule has 110 valence electrons. The highest BCUT2D eigenvalue weighted by atomic mass is 35.5. The van der Waals surface area contributed by atoms with Gasteiger partial charge in [-0.3, -0.25) is 4.79 Å². The van der Waals surface area contributed by atoms with Gasteiger partial charge in [0.25, 0.3) is 5.91 Å². The van der Waals surface area contributed by atoms with Crippen LogP contribution in [0.2, 0.25) is 5.02 Å². The van der Waals surface area contributed by atoms with Crippen LogP contribution in [0, 0.1) is 6.92 Å². The number of rotatable bonds is 5. The molecule has 0 aliphatic heterocycles. The van der Waals surface area contributed by atoms with E-state index in [1.807, 2.05) is 0 Å². The minimum Gasteiger partial charge on any atom is -0.482 e. The number of carboxylic acid groups (broad SMARTS) is 1. The van der Waals surface area contributed by atoms with E-state index in [0.717, 1.165) is 0 Å². The lowest BCUT2D eigenvalue weighted by Crippen LogP contribution is -2.20. The standard InChI is InChI=1S/C13H11ClN2O5/c1-7-4-11(16-21-7)15-12(17)6-20-10-3-2-8(13(18)19)5-9(10)14/h2-5H,6H2,1H3,(H,18,19)(H,15,16,17). The highest BCUT2D eigenvalue weighted by Crippen LogP contribution is 2.25. The summed E-state index contributed by atoms with van der Waals surface area (Å²) in [5.41, 5.74) is 0.0369. The third-order valence-electron chi connectivity index (χ3n) is 2.43. The van der Waals surface area contributed by atoms with Gasteiger partial charge in [-0.2, -0.15) is 0 Å². The predicted molar refractivity (Wildman–Crippen MR) is 73.8 cm³/mol. The van der Waals surface area contributed by atoms with Crippen LogP contribution >= 0.6 is 11.6 Å². The van der Waals surface area contributed by atoms with E-state index in [9.17, 15) is 9.59 Å². The number of aromatic carboxylic acids is 1. The van der Waals surface area contributed by atoms with Gasteiger partial charge in [-0.25, -0.2) is 4.79 Å². The molecule has 2 rings (SSSR count). The number of halogens is 1. The molecule has 1 aromatic carbocycles. The summed E-state index contributed by atoms with van der Waals surface area (Å²) in [4.78, 5) is 22.4. The molecule has 0 saturated carbocycles. The Morgan fingerprint density at radius 3 is 2.76 bits per heavy atom. The SMILES string of the molecule is Cc1cc(NC(=O)COc2ccc(C(=O)O)cc2Cl)no1. The molecule has 0 aliphatic rings. The molecule has 7 nitrogen and oxygen atoms in total. The van der Waals surface area contributed by atoms with E-state index in [1.54, 1.807) is 13.0 Å². The number of aryl methyl sites for hydroxylation is 1. The summed E-state index contributed by atoms with van der Waals surface area (Å²) in [5, 5.41) is 15.0. The number of aromatic nitrogens is 1. The van der Waals surface area contributed by atoms with Crippen molar-refractivity contribution in [1.82, 2.24) is 5.16 Å². The predicted octanol–water partition coefficient (Wildman–Crippen LogP) is 2.35. The molecule has 0 spiro atoms. The fourth-order valence-electron chi connectivity index (χ4n) is 1.50. The number of carbonyl (C=O) groups excluding carboxylic acids is 1. The number of hydrogen-bond acceptors (Lipinski definition) is 5. The smallest absolute Gasteiger partial charge is 0.335 e. The summed E-state index contributed by atoms with van der Waals surface area (Å²) in [6.45, 7) is 1.40. The fourth-order valence-corrected chi connectivity index (χ4v) is 1.73. The Bertz CT molecular complexity index is 683. The lowest BCUT2D eigenvalue weighted by Gasteiger charge is -2.08. The topological polar surface area (TPSA) is 102 Å². The van der Waals surface area contributed by atoms with E-state index < -0.39 is 11.9 Å². The molecule has 0 bridgehead atoms. The third kappa shape index (κ3) is 3.96. The summed E-state index contributed by atoms with van der Waals surface area (Å²) in [7, 11) is 0. The monoisotopic (exact) mass is 310 g/mol. The van der Waals surface area contributed by atoms with Crippen molar-refractivity contribution in [2.45, 2.75) is 6.92 Å². The van der Waals surface area contributed by atoms with Gasteiger partial charge < -0.3 is 19.7 Å².